The van der Waals surface area contributed by atoms with Crippen LogP contribution in [0, 0.1) is 11.3 Å². The van der Waals surface area contributed by atoms with E-state index in [1.165, 1.54) is 25.1 Å². The van der Waals surface area contributed by atoms with Gasteiger partial charge >= 0.3 is 5.97 Å². The van der Waals surface area contributed by atoms with Crippen LogP contribution in [0.1, 0.15) is 17.3 Å². The van der Waals surface area contributed by atoms with Crippen molar-refractivity contribution in [2.24, 2.45) is 0 Å². The van der Waals surface area contributed by atoms with Crippen molar-refractivity contribution in [1.29, 1.82) is 5.26 Å². The van der Waals surface area contributed by atoms with E-state index in [2.05, 4.69) is 10.6 Å². The van der Waals surface area contributed by atoms with Crippen molar-refractivity contribution in [3.63, 3.8) is 0 Å². The van der Waals surface area contributed by atoms with E-state index < -0.39 is 11.9 Å². The van der Waals surface area contributed by atoms with Gasteiger partial charge in [0.05, 0.1) is 28.8 Å². The van der Waals surface area contributed by atoms with E-state index in [4.69, 9.17) is 10.4 Å². The van der Waals surface area contributed by atoms with Crippen molar-refractivity contribution < 1.29 is 19.5 Å². The third kappa shape index (κ3) is 5.54. The number of carbonyl (C=O) groups excluding carboxylic acids is 2. The van der Waals surface area contributed by atoms with E-state index in [1.807, 2.05) is 6.07 Å². The Morgan fingerprint density at radius 2 is 2.05 bits per heavy atom. The van der Waals surface area contributed by atoms with Crippen molar-refractivity contribution >= 4 is 40.9 Å². The van der Waals surface area contributed by atoms with E-state index in [0.717, 1.165) is 11.8 Å². The van der Waals surface area contributed by atoms with Crippen molar-refractivity contribution in [1.82, 2.24) is 0 Å². The summed E-state index contributed by atoms with van der Waals surface area (Å²) in [5.74, 6) is -1.70. The van der Waals surface area contributed by atoms with E-state index in [0.29, 0.717) is 5.69 Å². The molecule has 3 N–H and O–H groups in total. The molecule has 21 heavy (non-hydrogen) atoms. The summed E-state index contributed by atoms with van der Waals surface area (Å²) in [4.78, 5) is 33.8. The lowest BCUT2D eigenvalue weighted by Crippen LogP contribution is -2.17. The van der Waals surface area contributed by atoms with Gasteiger partial charge in [0.25, 0.3) is 0 Å². The number of hydrogen-bond acceptors (Lipinski definition) is 5. The molecule has 0 heterocycles. The Hall–Kier alpha value is -2.53. The average molecular weight is 307 g/mol. The van der Waals surface area contributed by atoms with Crippen LogP contribution in [0.5, 0.6) is 0 Å². The Kier molecular flexibility index (Phi) is 6.23. The van der Waals surface area contributed by atoms with Crippen molar-refractivity contribution in [2.75, 3.05) is 22.1 Å². The lowest BCUT2D eigenvalue weighted by molar-refractivity contribution is -0.114. The third-order valence-corrected chi connectivity index (χ3v) is 3.04. The van der Waals surface area contributed by atoms with Gasteiger partial charge in [-0.3, -0.25) is 9.59 Å². The molecular weight excluding hydrogens is 294 g/mol. The number of nitriles is 1. The lowest BCUT2D eigenvalue weighted by atomic mass is 10.1. The Morgan fingerprint density at radius 1 is 1.33 bits per heavy atom. The summed E-state index contributed by atoms with van der Waals surface area (Å²) in [6.07, 6.45) is 0. The molecule has 2 amide bonds. The molecule has 1 aromatic rings. The van der Waals surface area contributed by atoms with E-state index in [-0.39, 0.29) is 28.7 Å². The van der Waals surface area contributed by atoms with Crippen LogP contribution in [0.15, 0.2) is 18.2 Å². The second-order valence-electron chi connectivity index (χ2n) is 3.95. The standard InChI is InChI=1S/C13H13N3O4S/c1-8(17)15-9-2-3-11(10(6-9)13(19)20)16-12(18)7-21-5-4-14/h2-3,6H,5,7H2,1H3,(H,15,17)(H,16,18)(H,19,20). The highest BCUT2D eigenvalue weighted by molar-refractivity contribution is 8.00. The van der Waals surface area contributed by atoms with Gasteiger partial charge in [-0.25, -0.2) is 4.79 Å². The fourth-order valence-electron chi connectivity index (χ4n) is 1.49. The quantitative estimate of drug-likeness (QED) is 0.686. The van der Waals surface area contributed by atoms with Crippen molar-refractivity contribution in [3.05, 3.63) is 23.8 Å². The maximum Gasteiger partial charge on any atom is 0.337 e. The summed E-state index contributed by atoms with van der Waals surface area (Å²) in [6.45, 7) is 1.31. The van der Waals surface area contributed by atoms with Crippen LogP contribution in [0.25, 0.3) is 0 Å². The van der Waals surface area contributed by atoms with Crippen molar-refractivity contribution in [3.8, 4) is 6.07 Å². The minimum Gasteiger partial charge on any atom is -0.478 e. The summed E-state index contributed by atoms with van der Waals surface area (Å²) in [5, 5.41) is 22.4. The van der Waals surface area contributed by atoms with Crippen LogP contribution in [0.2, 0.25) is 0 Å². The Labute approximate surface area is 125 Å². The second kappa shape index (κ2) is 7.91. The molecule has 7 nitrogen and oxygen atoms in total. The van der Waals surface area contributed by atoms with Gasteiger partial charge < -0.3 is 15.7 Å². The first-order valence-corrected chi connectivity index (χ1v) is 6.99. The fraction of sp³-hybridized carbons (Fsp3) is 0.231. The fourth-order valence-corrected chi connectivity index (χ4v) is 1.94. The highest BCUT2D eigenvalue weighted by Gasteiger charge is 2.14. The predicted molar refractivity (Wildman–Crippen MR) is 79.3 cm³/mol. The number of carboxylic acid groups (broad SMARTS) is 1. The molecule has 1 rings (SSSR count). The zero-order valence-electron chi connectivity index (χ0n) is 11.2. The highest BCUT2D eigenvalue weighted by atomic mass is 32.2. The van der Waals surface area contributed by atoms with Crippen LogP contribution < -0.4 is 10.6 Å². The number of thioether (sulfide) groups is 1. The Bertz CT molecular complexity index is 610. The number of benzene rings is 1. The zero-order valence-corrected chi connectivity index (χ0v) is 12.0. The lowest BCUT2D eigenvalue weighted by Gasteiger charge is -2.10. The number of carbonyl (C=O) groups is 3. The van der Waals surface area contributed by atoms with Crippen LogP contribution in [-0.4, -0.2) is 34.4 Å². The molecule has 0 unspecified atom stereocenters. The molecule has 0 atom stereocenters. The molecule has 110 valence electrons. The number of rotatable bonds is 6. The number of hydrogen-bond donors (Lipinski definition) is 3. The Balaban J connectivity index is 2.86. The van der Waals surface area contributed by atoms with Crippen molar-refractivity contribution in [2.45, 2.75) is 6.92 Å². The number of nitrogens with zero attached hydrogens (tertiary/aromatic N) is 1. The molecule has 0 aliphatic rings. The predicted octanol–water partition coefficient (Wildman–Crippen LogP) is 1.54. The first kappa shape index (κ1) is 16.5. The topological polar surface area (TPSA) is 119 Å². The first-order chi connectivity index (χ1) is 9.93. The van der Waals surface area contributed by atoms with Gasteiger partial charge in [-0.15, -0.1) is 11.8 Å². The summed E-state index contributed by atoms with van der Waals surface area (Å²) in [7, 11) is 0. The van der Waals surface area contributed by atoms with E-state index in [9.17, 15) is 14.4 Å². The molecule has 0 radical (unpaired) electrons. The molecule has 0 aliphatic carbocycles. The van der Waals surface area contributed by atoms with Gasteiger partial charge in [0.15, 0.2) is 0 Å². The molecule has 0 spiro atoms. The largest absolute Gasteiger partial charge is 0.478 e. The second-order valence-corrected chi connectivity index (χ2v) is 4.93. The Morgan fingerprint density at radius 3 is 2.62 bits per heavy atom. The summed E-state index contributed by atoms with van der Waals surface area (Å²) in [5.41, 5.74) is 0.343. The van der Waals surface area contributed by atoms with Crippen LogP contribution >= 0.6 is 11.8 Å². The molecular formula is C13H13N3O4S. The van der Waals surface area contributed by atoms with Gasteiger partial charge in [0.1, 0.15) is 0 Å². The number of carboxylic acids is 1. The number of anilines is 2. The molecule has 0 aromatic heterocycles. The zero-order chi connectivity index (χ0) is 15.8. The van der Waals surface area contributed by atoms with Gasteiger partial charge in [0.2, 0.25) is 11.8 Å². The summed E-state index contributed by atoms with van der Waals surface area (Å²) in [6, 6.07) is 6.05. The molecule has 0 saturated heterocycles. The van der Waals surface area contributed by atoms with Gasteiger partial charge in [-0.2, -0.15) is 5.26 Å². The molecule has 0 aliphatic heterocycles. The maximum absolute atomic E-state index is 11.6. The SMILES string of the molecule is CC(=O)Nc1ccc(NC(=O)CSCC#N)c(C(=O)O)c1. The summed E-state index contributed by atoms with van der Waals surface area (Å²) < 4.78 is 0. The first-order valence-electron chi connectivity index (χ1n) is 5.83. The highest BCUT2D eigenvalue weighted by Crippen LogP contribution is 2.21. The maximum atomic E-state index is 11.6. The summed E-state index contributed by atoms with van der Waals surface area (Å²) >= 11 is 1.13. The molecule has 8 heteroatoms. The van der Waals surface area contributed by atoms with Crippen LogP contribution in [0.4, 0.5) is 11.4 Å². The average Bonchev–Trinajstić information content (AvgIpc) is 2.40. The van der Waals surface area contributed by atoms with E-state index in [1.54, 1.807) is 0 Å². The molecule has 1 aromatic carbocycles. The number of nitrogens with one attached hydrogen (secondary N) is 2. The number of aromatic carboxylic acids is 1. The van der Waals surface area contributed by atoms with Crippen LogP contribution in [0.3, 0.4) is 0 Å². The van der Waals surface area contributed by atoms with Gasteiger partial charge in [-0.05, 0) is 18.2 Å². The molecule has 0 fully saturated rings. The van der Waals surface area contributed by atoms with Crippen LogP contribution in [-0.2, 0) is 9.59 Å². The molecule has 0 bridgehead atoms. The number of amides is 2. The minimum atomic E-state index is -1.22. The van der Waals surface area contributed by atoms with E-state index >= 15 is 0 Å². The molecule has 0 saturated carbocycles. The monoisotopic (exact) mass is 307 g/mol. The van der Waals surface area contributed by atoms with Gasteiger partial charge in [0, 0.05) is 12.6 Å². The third-order valence-electron chi connectivity index (χ3n) is 2.24. The smallest absolute Gasteiger partial charge is 0.337 e. The normalized spacial score (nSPS) is 9.52. The van der Waals surface area contributed by atoms with Gasteiger partial charge in [-0.1, -0.05) is 0 Å². The minimum absolute atomic E-state index is 0.0556.